The van der Waals surface area contributed by atoms with E-state index in [2.05, 4.69) is 10.6 Å². The Hall–Kier alpha value is -3.46. The SMILES string of the molecule is O=C(C[C@H](O)CNC(=O)OCc1ccccc1)N[C@H](Cc1ccc(F)cc1)C(=O)O. The van der Waals surface area contributed by atoms with Crippen molar-refractivity contribution in [2.24, 2.45) is 0 Å². The first-order valence-electron chi connectivity index (χ1n) is 9.22. The van der Waals surface area contributed by atoms with Gasteiger partial charge in [-0.05, 0) is 23.3 Å². The summed E-state index contributed by atoms with van der Waals surface area (Å²) in [4.78, 5) is 35.1. The molecule has 0 saturated carbocycles. The van der Waals surface area contributed by atoms with Crippen molar-refractivity contribution in [2.45, 2.75) is 31.6 Å². The third-order valence-corrected chi connectivity index (χ3v) is 4.10. The number of halogens is 1. The molecule has 4 N–H and O–H groups in total. The first kappa shape index (κ1) is 22.8. The molecule has 0 aliphatic heterocycles. The molecule has 30 heavy (non-hydrogen) atoms. The Morgan fingerprint density at radius 2 is 1.67 bits per heavy atom. The predicted molar refractivity (Wildman–Crippen MR) is 105 cm³/mol. The summed E-state index contributed by atoms with van der Waals surface area (Å²) in [6.45, 7) is -0.177. The van der Waals surface area contributed by atoms with Gasteiger partial charge in [0.05, 0.1) is 12.5 Å². The number of rotatable bonds is 10. The van der Waals surface area contributed by atoms with Crippen molar-refractivity contribution in [1.29, 1.82) is 0 Å². The largest absolute Gasteiger partial charge is 0.480 e. The Labute approximate surface area is 172 Å². The minimum absolute atomic E-state index is 0.0402. The van der Waals surface area contributed by atoms with Crippen LogP contribution in [-0.4, -0.2) is 46.9 Å². The number of nitrogens with one attached hydrogen (secondary N) is 2. The maximum Gasteiger partial charge on any atom is 0.407 e. The molecule has 2 aromatic carbocycles. The fourth-order valence-corrected chi connectivity index (χ4v) is 2.57. The monoisotopic (exact) mass is 418 g/mol. The number of aliphatic carboxylic acids is 1. The molecule has 0 aliphatic rings. The van der Waals surface area contributed by atoms with Gasteiger partial charge >= 0.3 is 12.1 Å². The number of carbonyl (C=O) groups excluding carboxylic acids is 2. The van der Waals surface area contributed by atoms with Crippen LogP contribution in [0.2, 0.25) is 0 Å². The molecule has 2 amide bonds. The molecule has 2 aromatic rings. The lowest BCUT2D eigenvalue weighted by atomic mass is 10.1. The van der Waals surface area contributed by atoms with Gasteiger partial charge in [-0.3, -0.25) is 4.79 Å². The summed E-state index contributed by atoms with van der Waals surface area (Å²) < 4.78 is 17.9. The molecule has 8 nitrogen and oxygen atoms in total. The van der Waals surface area contributed by atoms with Crippen molar-refractivity contribution in [1.82, 2.24) is 10.6 Å². The Bertz CT molecular complexity index is 844. The molecule has 0 spiro atoms. The number of hydrogen-bond donors (Lipinski definition) is 4. The average Bonchev–Trinajstić information content (AvgIpc) is 2.72. The average molecular weight is 418 g/mol. The number of amides is 2. The molecule has 0 saturated heterocycles. The summed E-state index contributed by atoms with van der Waals surface area (Å²) in [7, 11) is 0. The molecule has 0 radical (unpaired) electrons. The Balaban J connectivity index is 1.73. The van der Waals surface area contributed by atoms with Crippen LogP contribution in [-0.2, 0) is 27.4 Å². The summed E-state index contributed by atoms with van der Waals surface area (Å²) in [5.74, 6) is -2.41. The highest BCUT2D eigenvalue weighted by Crippen LogP contribution is 2.07. The standard InChI is InChI=1S/C21H23FN2O6/c22-16-8-6-14(7-9-16)10-18(20(27)28)24-19(26)11-17(25)12-23-21(29)30-13-15-4-2-1-3-5-15/h1-9,17-18,25H,10-13H2,(H,23,29)(H,24,26)(H,27,28)/t17-,18+/m0/s1. The summed E-state index contributed by atoms with van der Waals surface area (Å²) in [6, 6.07) is 13.0. The van der Waals surface area contributed by atoms with Crippen LogP contribution in [0.3, 0.4) is 0 Å². The van der Waals surface area contributed by atoms with Crippen molar-refractivity contribution in [3.8, 4) is 0 Å². The minimum Gasteiger partial charge on any atom is -0.480 e. The van der Waals surface area contributed by atoms with Crippen molar-refractivity contribution in [3.63, 3.8) is 0 Å². The van der Waals surface area contributed by atoms with Gasteiger partial charge in [0.1, 0.15) is 18.5 Å². The lowest BCUT2D eigenvalue weighted by molar-refractivity contribution is -0.142. The maximum absolute atomic E-state index is 12.9. The van der Waals surface area contributed by atoms with Gasteiger partial charge in [0.2, 0.25) is 5.91 Å². The Morgan fingerprint density at radius 1 is 1.00 bits per heavy atom. The van der Waals surface area contributed by atoms with E-state index in [9.17, 15) is 29.0 Å². The predicted octanol–water partition coefficient (Wildman–Crippen LogP) is 1.61. The van der Waals surface area contributed by atoms with E-state index in [-0.39, 0.29) is 19.6 Å². The lowest BCUT2D eigenvalue weighted by Crippen LogP contribution is -2.44. The fraction of sp³-hybridized carbons (Fsp3) is 0.286. The van der Waals surface area contributed by atoms with Crippen molar-refractivity contribution in [2.75, 3.05) is 6.54 Å². The first-order valence-corrected chi connectivity index (χ1v) is 9.22. The maximum atomic E-state index is 12.9. The number of carboxylic acid groups (broad SMARTS) is 1. The van der Waals surface area contributed by atoms with Crippen LogP contribution in [0.5, 0.6) is 0 Å². The van der Waals surface area contributed by atoms with Crippen LogP contribution < -0.4 is 10.6 Å². The van der Waals surface area contributed by atoms with E-state index < -0.39 is 42.4 Å². The molecule has 0 aromatic heterocycles. The number of alkyl carbamates (subject to hydrolysis) is 1. The van der Waals surface area contributed by atoms with Gasteiger partial charge in [0, 0.05) is 13.0 Å². The van der Waals surface area contributed by atoms with Crippen LogP contribution in [0.4, 0.5) is 9.18 Å². The van der Waals surface area contributed by atoms with Crippen molar-refractivity contribution < 1.29 is 33.7 Å². The molecule has 0 fully saturated rings. The molecule has 2 rings (SSSR count). The van der Waals surface area contributed by atoms with E-state index in [0.29, 0.717) is 5.56 Å². The molecule has 0 aliphatic carbocycles. The molecule has 0 heterocycles. The molecule has 2 atom stereocenters. The van der Waals surface area contributed by atoms with E-state index in [4.69, 9.17) is 4.74 Å². The molecule has 0 unspecified atom stereocenters. The number of carbonyl (C=O) groups is 3. The fourth-order valence-electron chi connectivity index (χ4n) is 2.57. The normalized spacial score (nSPS) is 12.5. The van der Waals surface area contributed by atoms with Gasteiger partial charge in [-0.25, -0.2) is 14.0 Å². The van der Waals surface area contributed by atoms with Gasteiger partial charge in [-0.1, -0.05) is 42.5 Å². The van der Waals surface area contributed by atoms with Crippen LogP contribution in [0.15, 0.2) is 54.6 Å². The molecule has 160 valence electrons. The van der Waals surface area contributed by atoms with Gasteiger partial charge in [-0.2, -0.15) is 0 Å². The van der Waals surface area contributed by atoms with Gasteiger partial charge in [0.15, 0.2) is 0 Å². The zero-order valence-electron chi connectivity index (χ0n) is 16.1. The minimum atomic E-state index is -1.26. The highest BCUT2D eigenvalue weighted by Gasteiger charge is 2.22. The molecular formula is C21H23FN2O6. The van der Waals surface area contributed by atoms with E-state index >= 15 is 0 Å². The van der Waals surface area contributed by atoms with Crippen LogP contribution >= 0.6 is 0 Å². The third kappa shape index (κ3) is 8.27. The smallest absolute Gasteiger partial charge is 0.407 e. The topological polar surface area (TPSA) is 125 Å². The second-order valence-corrected chi connectivity index (χ2v) is 6.59. The van der Waals surface area contributed by atoms with Crippen LogP contribution in [0, 0.1) is 5.82 Å². The van der Waals surface area contributed by atoms with Gasteiger partial charge < -0.3 is 25.6 Å². The van der Waals surface area contributed by atoms with Gasteiger partial charge in [0.25, 0.3) is 0 Å². The third-order valence-electron chi connectivity index (χ3n) is 4.10. The number of hydrogen-bond acceptors (Lipinski definition) is 5. The molecular weight excluding hydrogens is 395 g/mol. The molecule has 0 bridgehead atoms. The van der Waals surface area contributed by atoms with Crippen LogP contribution in [0.1, 0.15) is 17.5 Å². The van der Waals surface area contributed by atoms with E-state index in [1.165, 1.54) is 24.3 Å². The van der Waals surface area contributed by atoms with Gasteiger partial charge in [-0.15, -0.1) is 0 Å². The summed E-state index contributed by atoms with van der Waals surface area (Å²) in [6.07, 6.45) is -2.43. The second-order valence-electron chi connectivity index (χ2n) is 6.59. The zero-order valence-corrected chi connectivity index (χ0v) is 16.1. The number of ether oxygens (including phenoxy) is 1. The van der Waals surface area contributed by atoms with E-state index in [1.54, 1.807) is 24.3 Å². The lowest BCUT2D eigenvalue weighted by Gasteiger charge is -2.17. The summed E-state index contributed by atoms with van der Waals surface area (Å²) in [5, 5.41) is 23.8. The van der Waals surface area contributed by atoms with E-state index in [0.717, 1.165) is 5.56 Å². The van der Waals surface area contributed by atoms with Crippen molar-refractivity contribution >= 4 is 18.0 Å². The summed E-state index contributed by atoms with van der Waals surface area (Å²) in [5.41, 5.74) is 1.33. The molecule has 9 heteroatoms. The number of carboxylic acids is 1. The zero-order chi connectivity index (χ0) is 21.9. The highest BCUT2D eigenvalue weighted by atomic mass is 19.1. The quantitative estimate of drug-likeness (QED) is 0.465. The first-order chi connectivity index (χ1) is 14.3. The number of benzene rings is 2. The van der Waals surface area contributed by atoms with E-state index in [1.807, 2.05) is 6.07 Å². The Morgan fingerprint density at radius 3 is 2.30 bits per heavy atom. The number of aliphatic hydroxyl groups is 1. The van der Waals surface area contributed by atoms with Crippen molar-refractivity contribution in [3.05, 3.63) is 71.5 Å². The number of aliphatic hydroxyl groups excluding tert-OH is 1. The second kappa shape index (κ2) is 11.5. The highest BCUT2D eigenvalue weighted by molar-refractivity contribution is 5.84. The van der Waals surface area contributed by atoms with Crippen LogP contribution in [0.25, 0.3) is 0 Å². The summed E-state index contributed by atoms with van der Waals surface area (Å²) >= 11 is 0. The Kier molecular flexibility index (Phi) is 8.76.